The summed E-state index contributed by atoms with van der Waals surface area (Å²) in [6, 6.07) is 0. The number of aliphatic hydroxyl groups is 1. The van der Waals surface area contributed by atoms with Gasteiger partial charge in [-0.1, -0.05) is 25.7 Å². The van der Waals surface area contributed by atoms with Gasteiger partial charge in [-0.05, 0) is 55.6 Å². The Kier molecular flexibility index (Phi) is 3.09. The average Bonchev–Trinajstić information content (AvgIpc) is 2.54. The van der Waals surface area contributed by atoms with Gasteiger partial charge in [-0.3, -0.25) is 4.79 Å². The van der Waals surface area contributed by atoms with Crippen molar-refractivity contribution in [2.45, 2.75) is 76.2 Å². The maximum absolute atomic E-state index is 11.5. The van der Waals surface area contributed by atoms with Crippen LogP contribution in [0.1, 0.15) is 70.6 Å². The minimum Gasteiger partial charge on any atom is -0.385 e. The van der Waals surface area contributed by atoms with E-state index in [4.69, 9.17) is 0 Å². The van der Waals surface area contributed by atoms with E-state index in [1.165, 1.54) is 38.5 Å². The van der Waals surface area contributed by atoms with Gasteiger partial charge in [0.05, 0.1) is 5.60 Å². The Morgan fingerprint density at radius 3 is 2.22 bits per heavy atom. The molecule has 2 heteroatoms. The molecule has 0 aliphatic heterocycles. The second kappa shape index (κ2) is 4.48. The van der Waals surface area contributed by atoms with Crippen LogP contribution in [-0.2, 0) is 4.79 Å². The number of carbonyl (C=O) groups excluding carboxylic acids is 1. The van der Waals surface area contributed by atoms with Gasteiger partial charge >= 0.3 is 0 Å². The Morgan fingerprint density at radius 2 is 1.61 bits per heavy atom. The first-order valence-corrected chi connectivity index (χ1v) is 7.58. The van der Waals surface area contributed by atoms with Crippen LogP contribution in [0.2, 0.25) is 0 Å². The molecule has 3 rings (SSSR count). The summed E-state index contributed by atoms with van der Waals surface area (Å²) in [6.07, 6.45) is 14.1. The van der Waals surface area contributed by atoms with Crippen molar-refractivity contribution in [3.8, 4) is 0 Å². The molecular formula is C16H24O2. The average molecular weight is 248 g/mol. The van der Waals surface area contributed by atoms with Crippen molar-refractivity contribution in [2.75, 3.05) is 0 Å². The van der Waals surface area contributed by atoms with Crippen LogP contribution < -0.4 is 0 Å². The van der Waals surface area contributed by atoms with Crippen LogP contribution in [0.5, 0.6) is 0 Å². The molecule has 0 aromatic carbocycles. The lowest BCUT2D eigenvalue weighted by Crippen LogP contribution is -2.53. The SMILES string of the molecule is O=C1C=C(C2(O)CC3(CCCCCC3)C2)CCC1. The number of allylic oxidation sites excluding steroid dienone is 1. The lowest BCUT2D eigenvalue weighted by Gasteiger charge is -2.55. The molecular weight excluding hydrogens is 224 g/mol. The van der Waals surface area contributed by atoms with Crippen molar-refractivity contribution < 1.29 is 9.90 Å². The predicted molar refractivity (Wildman–Crippen MR) is 71.3 cm³/mol. The fourth-order valence-electron chi connectivity index (χ4n) is 4.41. The molecule has 3 aliphatic rings. The molecule has 2 fully saturated rings. The highest BCUT2D eigenvalue weighted by atomic mass is 16.3. The van der Waals surface area contributed by atoms with Gasteiger partial charge in [-0.2, -0.15) is 0 Å². The fraction of sp³-hybridized carbons (Fsp3) is 0.812. The van der Waals surface area contributed by atoms with E-state index in [2.05, 4.69) is 0 Å². The molecule has 1 spiro atoms. The fourth-order valence-corrected chi connectivity index (χ4v) is 4.41. The molecule has 0 atom stereocenters. The van der Waals surface area contributed by atoms with Crippen molar-refractivity contribution in [2.24, 2.45) is 5.41 Å². The Morgan fingerprint density at radius 1 is 0.944 bits per heavy atom. The van der Waals surface area contributed by atoms with E-state index in [0.717, 1.165) is 31.3 Å². The lowest BCUT2D eigenvalue weighted by atomic mass is 9.53. The molecule has 2 saturated carbocycles. The quantitative estimate of drug-likeness (QED) is 0.770. The van der Waals surface area contributed by atoms with E-state index in [-0.39, 0.29) is 5.78 Å². The largest absolute Gasteiger partial charge is 0.385 e. The number of hydrogen-bond acceptors (Lipinski definition) is 2. The van der Waals surface area contributed by atoms with Crippen LogP contribution in [0.15, 0.2) is 11.6 Å². The van der Waals surface area contributed by atoms with Crippen LogP contribution >= 0.6 is 0 Å². The normalized spacial score (nSPS) is 30.5. The van der Waals surface area contributed by atoms with Crippen LogP contribution in [-0.4, -0.2) is 16.5 Å². The molecule has 18 heavy (non-hydrogen) atoms. The lowest BCUT2D eigenvalue weighted by molar-refractivity contribution is -0.120. The monoisotopic (exact) mass is 248 g/mol. The van der Waals surface area contributed by atoms with Gasteiger partial charge in [0, 0.05) is 6.42 Å². The van der Waals surface area contributed by atoms with Gasteiger partial charge in [0.15, 0.2) is 5.78 Å². The van der Waals surface area contributed by atoms with Crippen molar-refractivity contribution in [1.82, 2.24) is 0 Å². The summed E-state index contributed by atoms with van der Waals surface area (Å²) in [7, 11) is 0. The Bertz CT molecular complexity index is 365. The van der Waals surface area contributed by atoms with E-state index in [0.29, 0.717) is 11.8 Å². The van der Waals surface area contributed by atoms with Gasteiger partial charge in [-0.15, -0.1) is 0 Å². The van der Waals surface area contributed by atoms with E-state index >= 15 is 0 Å². The first-order valence-electron chi connectivity index (χ1n) is 7.58. The molecule has 0 heterocycles. The molecule has 2 nitrogen and oxygen atoms in total. The third-order valence-corrected chi connectivity index (χ3v) is 5.30. The minimum atomic E-state index is -0.625. The van der Waals surface area contributed by atoms with Gasteiger partial charge in [0.2, 0.25) is 0 Å². The summed E-state index contributed by atoms with van der Waals surface area (Å²) in [6.45, 7) is 0. The molecule has 1 N–H and O–H groups in total. The molecule has 0 aromatic rings. The molecule has 3 aliphatic carbocycles. The summed E-state index contributed by atoms with van der Waals surface area (Å²) >= 11 is 0. The number of carbonyl (C=O) groups is 1. The maximum atomic E-state index is 11.5. The maximum Gasteiger partial charge on any atom is 0.155 e. The first-order chi connectivity index (χ1) is 8.62. The van der Waals surface area contributed by atoms with E-state index in [9.17, 15) is 9.90 Å². The molecule has 0 saturated heterocycles. The molecule has 0 aromatic heterocycles. The third-order valence-electron chi connectivity index (χ3n) is 5.30. The van der Waals surface area contributed by atoms with Crippen molar-refractivity contribution in [3.05, 3.63) is 11.6 Å². The van der Waals surface area contributed by atoms with Gasteiger partial charge in [0.25, 0.3) is 0 Å². The molecule has 0 bridgehead atoms. The van der Waals surface area contributed by atoms with E-state index in [1.54, 1.807) is 6.08 Å². The molecule has 100 valence electrons. The number of rotatable bonds is 1. The first kappa shape index (κ1) is 12.4. The number of hydrogen-bond donors (Lipinski definition) is 1. The Hall–Kier alpha value is -0.630. The van der Waals surface area contributed by atoms with Gasteiger partial charge in [0.1, 0.15) is 0 Å². The van der Waals surface area contributed by atoms with Crippen LogP contribution in [0.25, 0.3) is 0 Å². The zero-order chi connectivity index (χ0) is 12.6. The van der Waals surface area contributed by atoms with Crippen LogP contribution in [0, 0.1) is 5.41 Å². The highest BCUT2D eigenvalue weighted by Crippen LogP contribution is 2.59. The van der Waals surface area contributed by atoms with Gasteiger partial charge < -0.3 is 5.11 Å². The highest BCUT2D eigenvalue weighted by molar-refractivity contribution is 5.91. The smallest absolute Gasteiger partial charge is 0.155 e. The minimum absolute atomic E-state index is 0.214. The third kappa shape index (κ3) is 2.16. The van der Waals surface area contributed by atoms with E-state index < -0.39 is 5.60 Å². The zero-order valence-electron chi connectivity index (χ0n) is 11.2. The summed E-state index contributed by atoms with van der Waals surface area (Å²) in [5.74, 6) is 0.214. The standard InChI is InChI=1S/C16H24O2/c17-14-7-5-6-13(10-14)16(18)11-15(12-16)8-3-1-2-4-9-15/h10,18H,1-9,11-12H2. The predicted octanol–water partition coefficient (Wildman–Crippen LogP) is 3.53. The summed E-state index contributed by atoms with van der Waals surface area (Å²) in [4.78, 5) is 11.5. The van der Waals surface area contributed by atoms with Crippen LogP contribution in [0.3, 0.4) is 0 Å². The molecule has 0 amide bonds. The summed E-state index contributed by atoms with van der Waals surface area (Å²) < 4.78 is 0. The second-order valence-corrected chi connectivity index (χ2v) is 6.79. The summed E-state index contributed by atoms with van der Waals surface area (Å²) in [5, 5.41) is 10.7. The summed E-state index contributed by atoms with van der Waals surface area (Å²) in [5.41, 5.74) is 0.820. The number of ketones is 1. The second-order valence-electron chi connectivity index (χ2n) is 6.79. The van der Waals surface area contributed by atoms with Crippen molar-refractivity contribution >= 4 is 5.78 Å². The topological polar surface area (TPSA) is 37.3 Å². The van der Waals surface area contributed by atoms with Crippen LogP contribution in [0.4, 0.5) is 0 Å². The van der Waals surface area contributed by atoms with E-state index in [1.807, 2.05) is 0 Å². The molecule has 0 unspecified atom stereocenters. The van der Waals surface area contributed by atoms with Crippen molar-refractivity contribution in [3.63, 3.8) is 0 Å². The van der Waals surface area contributed by atoms with Gasteiger partial charge in [-0.25, -0.2) is 0 Å². The van der Waals surface area contributed by atoms with Crippen molar-refractivity contribution in [1.29, 1.82) is 0 Å². The zero-order valence-corrected chi connectivity index (χ0v) is 11.2. The Labute approximate surface area is 109 Å². The molecule has 0 radical (unpaired) electrons. The highest BCUT2D eigenvalue weighted by Gasteiger charge is 2.54. The Balaban J connectivity index is 1.70.